The van der Waals surface area contributed by atoms with E-state index in [1.807, 2.05) is 37.3 Å². The zero-order chi connectivity index (χ0) is 14.5. The number of aromatic nitrogens is 3. The number of rotatable bonds is 5. The van der Waals surface area contributed by atoms with Crippen LogP contribution < -0.4 is 0 Å². The predicted octanol–water partition coefficient (Wildman–Crippen LogP) is 2.99. The molecule has 6 heteroatoms. The lowest BCUT2D eigenvalue weighted by molar-refractivity contribution is 0.0533. The zero-order valence-electron chi connectivity index (χ0n) is 11.0. The Morgan fingerprint density at radius 1 is 1.50 bits per heavy atom. The normalized spacial score (nSPS) is 11.9. The Morgan fingerprint density at radius 2 is 2.20 bits per heavy atom. The van der Waals surface area contributed by atoms with Crippen molar-refractivity contribution in [3.8, 4) is 0 Å². The van der Waals surface area contributed by atoms with E-state index in [2.05, 4.69) is 32.8 Å². The Morgan fingerprint density at radius 3 is 2.85 bits per heavy atom. The highest BCUT2D eigenvalue weighted by Gasteiger charge is 2.23. The SMILES string of the molecule is C=CCOC(=O)c1c(Br)nnn1[C@H](C)c1ccccc1. The van der Waals surface area contributed by atoms with Crippen LogP contribution in [0.3, 0.4) is 0 Å². The third-order valence-electron chi connectivity index (χ3n) is 2.83. The summed E-state index contributed by atoms with van der Waals surface area (Å²) < 4.78 is 6.97. The molecule has 0 unspecified atom stereocenters. The molecule has 0 fully saturated rings. The first-order valence-electron chi connectivity index (χ1n) is 6.08. The fourth-order valence-electron chi connectivity index (χ4n) is 1.80. The summed E-state index contributed by atoms with van der Waals surface area (Å²) in [4.78, 5) is 12.0. The number of carbonyl (C=O) groups is 1. The molecule has 0 aliphatic heterocycles. The first-order valence-corrected chi connectivity index (χ1v) is 6.88. The molecule has 0 spiro atoms. The summed E-state index contributed by atoms with van der Waals surface area (Å²) in [6.07, 6.45) is 1.51. The van der Waals surface area contributed by atoms with E-state index in [0.29, 0.717) is 10.3 Å². The molecule has 0 saturated heterocycles. The molecule has 1 aromatic carbocycles. The molecule has 2 aromatic rings. The molecular formula is C14H14BrN3O2. The van der Waals surface area contributed by atoms with Gasteiger partial charge in [0.05, 0.1) is 6.04 Å². The van der Waals surface area contributed by atoms with E-state index in [1.165, 1.54) is 6.08 Å². The first kappa shape index (κ1) is 14.5. The molecule has 1 atom stereocenters. The minimum Gasteiger partial charge on any atom is -0.457 e. The second-order valence-electron chi connectivity index (χ2n) is 4.15. The maximum absolute atomic E-state index is 12.0. The van der Waals surface area contributed by atoms with Crippen LogP contribution in [0.4, 0.5) is 0 Å². The molecule has 2 rings (SSSR count). The lowest BCUT2D eigenvalue weighted by Gasteiger charge is -2.14. The van der Waals surface area contributed by atoms with Crippen molar-refractivity contribution in [2.45, 2.75) is 13.0 Å². The number of halogens is 1. The number of esters is 1. The molecule has 0 aliphatic carbocycles. The van der Waals surface area contributed by atoms with Crippen LogP contribution in [0.5, 0.6) is 0 Å². The summed E-state index contributed by atoms with van der Waals surface area (Å²) in [5.41, 5.74) is 1.32. The van der Waals surface area contributed by atoms with Crippen LogP contribution in [0.15, 0.2) is 47.6 Å². The molecule has 0 bridgehead atoms. The van der Waals surface area contributed by atoms with E-state index >= 15 is 0 Å². The summed E-state index contributed by atoms with van der Waals surface area (Å²) in [6.45, 7) is 5.61. The van der Waals surface area contributed by atoms with Crippen molar-refractivity contribution < 1.29 is 9.53 Å². The highest BCUT2D eigenvalue weighted by Crippen LogP contribution is 2.22. The van der Waals surface area contributed by atoms with Gasteiger partial charge in [0.2, 0.25) is 0 Å². The lowest BCUT2D eigenvalue weighted by atomic mass is 10.1. The Bertz CT molecular complexity index is 610. The van der Waals surface area contributed by atoms with E-state index in [9.17, 15) is 4.79 Å². The van der Waals surface area contributed by atoms with Crippen molar-refractivity contribution in [1.29, 1.82) is 0 Å². The third kappa shape index (κ3) is 2.96. The second-order valence-corrected chi connectivity index (χ2v) is 4.90. The van der Waals surface area contributed by atoms with Gasteiger partial charge in [-0.05, 0) is 28.4 Å². The van der Waals surface area contributed by atoms with Crippen molar-refractivity contribution in [1.82, 2.24) is 15.0 Å². The Hall–Kier alpha value is -1.95. The van der Waals surface area contributed by atoms with Crippen LogP contribution in [0.2, 0.25) is 0 Å². The topological polar surface area (TPSA) is 57.0 Å². The summed E-state index contributed by atoms with van der Waals surface area (Å²) in [5.74, 6) is -0.482. The standard InChI is InChI=1S/C14H14BrN3O2/c1-3-9-20-14(19)12-13(15)16-17-18(12)10(2)11-7-5-4-6-8-11/h3-8,10H,1,9H2,2H3/t10-/m1/s1. The Kier molecular flexibility index (Phi) is 4.68. The van der Waals surface area contributed by atoms with E-state index in [4.69, 9.17) is 4.74 Å². The van der Waals surface area contributed by atoms with Crippen molar-refractivity contribution in [2.24, 2.45) is 0 Å². The molecule has 20 heavy (non-hydrogen) atoms. The van der Waals surface area contributed by atoms with Crippen LogP contribution >= 0.6 is 15.9 Å². The summed E-state index contributed by atoms with van der Waals surface area (Å²) in [6, 6.07) is 9.63. The number of hydrogen-bond acceptors (Lipinski definition) is 4. The maximum Gasteiger partial charge on any atom is 0.359 e. The highest BCUT2D eigenvalue weighted by atomic mass is 79.9. The van der Waals surface area contributed by atoms with Crippen molar-refractivity contribution in [2.75, 3.05) is 6.61 Å². The second kappa shape index (κ2) is 6.47. The summed E-state index contributed by atoms with van der Waals surface area (Å²) in [5, 5.41) is 7.91. The Labute approximate surface area is 125 Å². The van der Waals surface area contributed by atoms with Gasteiger partial charge in [0, 0.05) is 0 Å². The predicted molar refractivity (Wildman–Crippen MR) is 78.5 cm³/mol. The van der Waals surface area contributed by atoms with E-state index in [0.717, 1.165) is 5.56 Å². The molecular weight excluding hydrogens is 322 g/mol. The minimum absolute atomic E-state index is 0.124. The van der Waals surface area contributed by atoms with E-state index < -0.39 is 5.97 Å². The van der Waals surface area contributed by atoms with Crippen LogP contribution in [-0.2, 0) is 4.74 Å². The number of nitrogens with zero attached hydrogens (tertiary/aromatic N) is 3. The fourth-order valence-corrected chi connectivity index (χ4v) is 2.21. The summed E-state index contributed by atoms with van der Waals surface area (Å²) in [7, 11) is 0. The van der Waals surface area contributed by atoms with Gasteiger partial charge >= 0.3 is 5.97 Å². The van der Waals surface area contributed by atoms with Crippen molar-refractivity contribution >= 4 is 21.9 Å². The van der Waals surface area contributed by atoms with Crippen LogP contribution in [-0.4, -0.2) is 27.6 Å². The number of benzene rings is 1. The molecule has 0 saturated carbocycles. The minimum atomic E-state index is -0.482. The molecule has 0 aliphatic rings. The molecule has 1 heterocycles. The molecule has 0 radical (unpaired) electrons. The highest BCUT2D eigenvalue weighted by molar-refractivity contribution is 9.10. The number of hydrogen-bond donors (Lipinski definition) is 0. The van der Waals surface area contributed by atoms with Gasteiger partial charge in [-0.15, -0.1) is 5.10 Å². The largest absolute Gasteiger partial charge is 0.457 e. The van der Waals surface area contributed by atoms with Crippen LogP contribution in [0.1, 0.15) is 29.0 Å². The molecule has 104 valence electrons. The van der Waals surface area contributed by atoms with Gasteiger partial charge in [0.25, 0.3) is 0 Å². The number of carbonyl (C=O) groups excluding carboxylic acids is 1. The van der Waals surface area contributed by atoms with Crippen LogP contribution in [0, 0.1) is 0 Å². The molecule has 1 aromatic heterocycles. The summed E-state index contributed by atoms with van der Waals surface area (Å²) >= 11 is 3.23. The van der Waals surface area contributed by atoms with Crippen molar-refractivity contribution in [3.05, 3.63) is 58.8 Å². The van der Waals surface area contributed by atoms with Gasteiger partial charge in [-0.3, -0.25) is 0 Å². The molecule has 0 N–H and O–H groups in total. The average molecular weight is 336 g/mol. The quantitative estimate of drug-likeness (QED) is 0.622. The molecule has 0 amide bonds. The van der Waals surface area contributed by atoms with Gasteiger partial charge in [0.15, 0.2) is 10.3 Å². The van der Waals surface area contributed by atoms with Gasteiger partial charge in [-0.2, -0.15) is 0 Å². The van der Waals surface area contributed by atoms with Crippen molar-refractivity contribution in [3.63, 3.8) is 0 Å². The van der Waals surface area contributed by atoms with Gasteiger partial charge < -0.3 is 4.74 Å². The van der Waals surface area contributed by atoms with E-state index in [-0.39, 0.29) is 12.6 Å². The van der Waals surface area contributed by atoms with Gasteiger partial charge in [-0.25, -0.2) is 9.48 Å². The fraction of sp³-hybridized carbons (Fsp3) is 0.214. The Balaban J connectivity index is 2.33. The van der Waals surface area contributed by atoms with Gasteiger partial charge in [0.1, 0.15) is 6.61 Å². The first-order chi connectivity index (χ1) is 9.65. The average Bonchev–Trinajstić information content (AvgIpc) is 2.86. The number of ether oxygens (including phenoxy) is 1. The zero-order valence-corrected chi connectivity index (χ0v) is 12.6. The monoisotopic (exact) mass is 335 g/mol. The third-order valence-corrected chi connectivity index (χ3v) is 3.36. The lowest BCUT2D eigenvalue weighted by Crippen LogP contribution is -2.17. The molecule has 5 nitrogen and oxygen atoms in total. The maximum atomic E-state index is 12.0. The van der Waals surface area contributed by atoms with Gasteiger partial charge in [-0.1, -0.05) is 48.2 Å². The van der Waals surface area contributed by atoms with Crippen LogP contribution in [0.25, 0.3) is 0 Å². The smallest absolute Gasteiger partial charge is 0.359 e. The van der Waals surface area contributed by atoms with E-state index in [1.54, 1.807) is 4.68 Å².